The highest BCUT2D eigenvalue weighted by molar-refractivity contribution is 5.97. The van der Waals surface area contributed by atoms with Gasteiger partial charge in [0.15, 0.2) is 0 Å². The smallest absolute Gasteiger partial charge is 0.263 e. The van der Waals surface area contributed by atoms with Crippen molar-refractivity contribution in [3.8, 4) is 6.07 Å². The molecule has 1 heterocycles. The lowest BCUT2D eigenvalue weighted by Crippen LogP contribution is -2.40. The summed E-state index contributed by atoms with van der Waals surface area (Å²) in [7, 11) is 4.06. The van der Waals surface area contributed by atoms with Gasteiger partial charge in [-0.1, -0.05) is 6.92 Å². The van der Waals surface area contributed by atoms with Gasteiger partial charge in [-0.3, -0.25) is 4.79 Å². The third-order valence-corrected chi connectivity index (χ3v) is 3.50. The Labute approximate surface area is 115 Å². The Morgan fingerprint density at radius 3 is 2.68 bits per heavy atom. The molecule has 1 rings (SSSR count). The normalized spacial score (nSPS) is 17.9. The number of hydrogen-bond acceptors (Lipinski definition) is 4. The molecule has 0 atom stereocenters. The molecule has 0 aromatic carbocycles. The van der Waals surface area contributed by atoms with Crippen molar-refractivity contribution in [2.45, 2.75) is 32.2 Å². The number of carbonyl (C=O) groups is 1. The number of carbonyl (C=O) groups excluding carboxylic acids is 1. The van der Waals surface area contributed by atoms with Crippen LogP contribution in [0.2, 0.25) is 0 Å². The van der Waals surface area contributed by atoms with E-state index < -0.39 is 0 Å². The second-order valence-electron chi connectivity index (χ2n) is 5.11. The summed E-state index contributed by atoms with van der Waals surface area (Å²) in [5.41, 5.74) is 0.190. The van der Waals surface area contributed by atoms with Gasteiger partial charge in [0.05, 0.1) is 0 Å². The molecule has 0 aromatic heterocycles. The minimum atomic E-state index is -0.274. The minimum absolute atomic E-state index is 0.190. The highest BCUT2D eigenvalue weighted by atomic mass is 16.1. The van der Waals surface area contributed by atoms with E-state index in [4.69, 9.17) is 5.26 Å². The lowest BCUT2D eigenvalue weighted by Gasteiger charge is -2.34. The van der Waals surface area contributed by atoms with Gasteiger partial charge in [-0.25, -0.2) is 0 Å². The van der Waals surface area contributed by atoms with Crippen LogP contribution in [0, 0.1) is 11.3 Å². The molecule has 106 valence electrons. The number of nitriles is 1. The number of piperidine rings is 1. The molecule has 1 aliphatic heterocycles. The van der Waals surface area contributed by atoms with Crippen LogP contribution in [0.25, 0.3) is 0 Å². The van der Waals surface area contributed by atoms with E-state index in [1.54, 1.807) is 6.20 Å². The summed E-state index contributed by atoms with van der Waals surface area (Å²) in [5.74, 6) is -0.274. The van der Waals surface area contributed by atoms with E-state index in [0.717, 1.165) is 32.4 Å². The molecule has 0 saturated carbocycles. The van der Waals surface area contributed by atoms with Crippen molar-refractivity contribution in [2.24, 2.45) is 0 Å². The summed E-state index contributed by atoms with van der Waals surface area (Å²) in [4.78, 5) is 16.1. The number of nitrogens with one attached hydrogen (secondary N) is 1. The average molecular weight is 264 g/mol. The van der Waals surface area contributed by atoms with Crippen LogP contribution in [-0.4, -0.2) is 55.5 Å². The number of nitrogens with zero attached hydrogens (tertiary/aromatic N) is 3. The molecule has 19 heavy (non-hydrogen) atoms. The van der Waals surface area contributed by atoms with Crippen LogP contribution in [0.5, 0.6) is 0 Å². The summed E-state index contributed by atoms with van der Waals surface area (Å²) in [6.07, 6.45) is 4.69. The highest BCUT2D eigenvalue weighted by Crippen LogP contribution is 2.15. The number of amides is 1. The first-order valence-corrected chi connectivity index (χ1v) is 6.89. The van der Waals surface area contributed by atoms with Gasteiger partial charge in [0.1, 0.15) is 11.6 Å². The van der Waals surface area contributed by atoms with Gasteiger partial charge in [0.25, 0.3) is 5.91 Å². The summed E-state index contributed by atoms with van der Waals surface area (Å²) in [6.45, 7) is 4.72. The van der Waals surface area contributed by atoms with Gasteiger partial charge in [-0.05, 0) is 39.4 Å². The van der Waals surface area contributed by atoms with Crippen LogP contribution in [0.1, 0.15) is 26.2 Å². The second-order valence-corrected chi connectivity index (χ2v) is 5.11. The summed E-state index contributed by atoms with van der Waals surface area (Å²) >= 11 is 0. The number of likely N-dealkylation sites (tertiary alicyclic amines) is 1. The fourth-order valence-corrected chi connectivity index (χ4v) is 2.18. The summed E-state index contributed by atoms with van der Waals surface area (Å²) in [5, 5.41) is 11.8. The van der Waals surface area contributed by atoms with E-state index in [1.165, 1.54) is 0 Å². The van der Waals surface area contributed by atoms with Crippen LogP contribution in [0.15, 0.2) is 11.8 Å². The maximum absolute atomic E-state index is 11.8. The zero-order valence-electron chi connectivity index (χ0n) is 12.1. The number of rotatable bonds is 5. The Bertz CT molecular complexity index is 364. The topological polar surface area (TPSA) is 59.4 Å². The van der Waals surface area contributed by atoms with Crippen LogP contribution < -0.4 is 5.32 Å². The molecule has 1 fully saturated rings. The van der Waals surface area contributed by atoms with Crippen molar-refractivity contribution in [3.63, 3.8) is 0 Å². The quantitative estimate of drug-likeness (QED) is 0.593. The van der Waals surface area contributed by atoms with Crippen molar-refractivity contribution in [1.29, 1.82) is 5.26 Å². The molecule has 0 radical (unpaired) electrons. The van der Waals surface area contributed by atoms with E-state index in [0.29, 0.717) is 12.6 Å². The minimum Gasteiger partial charge on any atom is -0.376 e. The average Bonchev–Trinajstić information content (AvgIpc) is 2.42. The van der Waals surface area contributed by atoms with Gasteiger partial charge < -0.3 is 15.1 Å². The van der Waals surface area contributed by atoms with Crippen molar-refractivity contribution in [2.75, 3.05) is 33.7 Å². The predicted molar refractivity (Wildman–Crippen MR) is 75.3 cm³/mol. The van der Waals surface area contributed by atoms with E-state index in [9.17, 15) is 4.79 Å². The third kappa shape index (κ3) is 4.92. The standard InChI is InChI=1S/C14H24N4O/c1-4-7-16-14(19)12(10-15)11-18(3)13-5-8-17(2)9-6-13/h11,13H,4-9H2,1-3H3,(H,16,19)/b12-11-. The van der Waals surface area contributed by atoms with Crippen LogP contribution >= 0.6 is 0 Å². The largest absolute Gasteiger partial charge is 0.376 e. The van der Waals surface area contributed by atoms with Crippen molar-refractivity contribution in [1.82, 2.24) is 15.1 Å². The van der Waals surface area contributed by atoms with Crippen molar-refractivity contribution >= 4 is 5.91 Å². The number of hydrogen-bond donors (Lipinski definition) is 1. The molecule has 0 aromatic rings. The SMILES string of the molecule is CCCNC(=O)/C(C#N)=C\N(C)C1CCN(C)CC1. The lowest BCUT2D eigenvalue weighted by atomic mass is 10.0. The Kier molecular flexibility index (Phi) is 6.37. The van der Waals surface area contributed by atoms with Gasteiger partial charge >= 0.3 is 0 Å². The predicted octanol–water partition coefficient (Wildman–Crippen LogP) is 0.946. The third-order valence-electron chi connectivity index (χ3n) is 3.50. The van der Waals surface area contributed by atoms with Crippen molar-refractivity contribution in [3.05, 3.63) is 11.8 Å². The molecule has 0 aliphatic carbocycles. The molecule has 1 saturated heterocycles. The lowest BCUT2D eigenvalue weighted by molar-refractivity contribution is -0.117. The van der Waals surface area contributed by atoms with E-state index in [1.807, 2.05) is 24.9 Å². The van der Waals surface area contributed by atoms with E-state index >= 15 is 0 Å². The monoisotopic (exact) mass is 264 g/mol. The molecular weight excluding hydrogens is 240 g/mol. The first kappa shape index (κ1) is 15.5. The zero-order valence-corrected chi connectivity index (χ0v) is 12.1. The molecule has 0 bridgehead atoms. The van der Waals surface area contributed by atoms with Crippen LogP contribution in [-0.2, 0) is 4.79 Å². The van der Waals surface area contributed by atoms with Crippen LogP contribution in [0.3, 0.4) is 0 Å². The maximum atomic E-state index is 11.8. The fourth-order valence-electron chi connectivity index (χ4n) is 2.18. The maximum Gasteiger partial charge on any atom is 0.263 e. The molecule has 1 N–H and O–H groups in total. The Hall–Kier alpha value is -1.54. The van der Waals surface area contributed by atoms with Crippen LogP contribution in [0.4, 0.5) is 0 Å². The molecule has 1 amide bonds. The molecule has 0 unspecified atom stereocenters. The Balaban J connectivity index is 2.59. The van der Waals surface area contributed by atoms with Crippen molar-refractivity contribution < 1.29 is 4.79 Å². The Morgan fingerprint density at radius 1 is 1.53 bits per heavy atom. The first-order valence-electron chi connectivity index (χ1n) is 6.89. The summed E-state index contributed by atoms with van der Waals surface area (Å²) in [6, 6.07) is 2.40. The first-order chi connectivity index (χ1) is 9.08. The second kappa shape index (κ2) is 7.80. The fraction of sp³-hybridized carbons (Fsp3) is 0.714. The van der Waals surface area contributed by atoms with E-state index in [2.05, 4.69) is 17.3 Å². The molecular formula is C14H24N4O. The van der Waals surface area contributed by atoms with Gasteiger partial charge in [0.2, 0.25) is 0 Å². The van der Waals surface area contributed by atoms with E-state index in [-0.39, 0.29) is 11.5 Å². The van der Waals surface area contributed by atoms with Gasteiger partial charge in [0, 0.05) is 25.8 Å². The van der Waals surface area contributed by atoms with Gasteiger partial charge in [-0.2, -0.15) is 5.26 Å². The summed E-state index contributed by atoms with van der Waals surface area (Å²) < 4.78 is 0. The zero-order chi connectivity index (χ0) is 14.3. The molecule has 5 heteroatoms. The molecule has 5 nitrogen and oxygen atoms in total. The molecule has 1 aliphatic rings. The highest BCUT2D eigenvalue weighted by Gasteiger charge is 2.20. The van der Waals surface area contributed by atoms with Gasteiger partial charge in [-0.15, -0.1) is 0 Å². The Morgan fingerprint density at radius 2 is 2.16 bits per heavy atom. The molecule has 0 spiro atoms.